The Morgan fingerprint density at radius 2 is 1.97 bits per heavy atom. The van der Waals surface area contributed by atoms with Gasteiger partial charge in [0.15, 0.2) is 5.16 Å². The van der Waals surface area contributed by atoms with Crippen molar-refractivity contribution < 1.29 is 4.79 Å². The van der Waals surface area contributed by atoms with Crippen LogP contribution in [0.5, 0.6) is 0 Å². The van der Waals surface area contributed by atoms with Crippen molar-refractivity contribution in [1.29, 1.82) is 5.26 Å². The van der Waals surface area contributed by atoms with E-state index in [1.54, 1.807) is 11.4 Å². The summed E-state index contributed by atoms with van der Waals surface area (Å²) >= 11 is 2.66. The molecule has 2 heterocycles. The Bertz CT molecular complexity index is 1290. The molecule has 1 N–H and O–H groups in total. The lowest BCUT2D eigenvalue weighted by atomic mass is 10.1. The Kier molecular flexibility index (Phi) is 6.69. The molecule has 4 aromatic rings. The van der Waals surface area contributed by atoms with E-state index >= 15 is 0 Å². The predicted molar refractivity (Wildman–Crippen MR) is 128 cm³/mol. The number of nitrogens with one attached hydrogen (secondary N) is 1. The number of hydrogen-bond donors (Lipinski definition) is 1. The largest absolute Gasteiger partial charge is 0.316 e. The van der Waals surface area contributed by atoms with Crippen molar-refractivity contribution in [1.82, 2.24) is 14.8 Å². The third kappa shape index (κ3) is 4.90. The van der Waals surface area contributed by atoms with Crippen LogP contribution in [-0.4, -0.2) is 26.4 Å². The highest BCUT2D eigenvalue weighted by atomic mass is 32.2. The van der Waals surface area contributed by atoms with Crippen LogP contribution in [0, 0.1) is 25.2 Å². The summed E-state index contributed by atoms with van der Waals surface area (Å²) in [7, 11) is 0. The summed E-state index contributed by atoms with van der Waals surface area (Å²) < 4.78 is 2.03. The number of nitriles is 1. The summed E-state index contributed by atoms with van der Waals surface area (Å²) in [6, 6.07) is 20.2. The van der Waals surface area contributed by atoms with Gasteiger partial charge in [0.05, 0.1) is 17.0 Å². The fraction of sp³-hybridized carbons (Fsp3) is 0.167. The number of rotatable bonds is 7. The number of aryl methyl sites for hydroxylation is 2. The van der Waals surface area contributed by atoms with Crippen LogP contribution in [0.2, 0.25) is 0 Å². The van der Waals surface area contributed by atoms with Gasteiger partial charge in [-0.1, -0.05) is 59.8 Å². The fourth-order valence-electron chi connectivity index (χ4n) is 3.37. The van der Waals surface area contributed by atoms with Crippen LogP contribution in [0.25, 0.3) is 5.69 Å². The lowest BCUT2D eigenvalue weighted by Gasteiger charge is -2.13. The molecule has 2 aromatic heterocycles. The summed E-state index contributed by atoms with van der Waals surface area (Å²) in [6.07, 6.45) is 0.634. The van der Waals surface area contributed by atoms with Gasteiger partial charge in [-0.05, 0) is 42.5 Å². The van der Waals surface area contributed by atoms with Gasteiger partial charge in [0, 0.05) is 6.42 Å². The number of amides is 1. The van der Waals surface area contributed by atoms with E-state index in [1.807, 2.05) is 22.8 Å². The van der Waals surface area contributed by atoms with Crippen LogP contribution in [-0.2, 0) is 11.2 Å². The minimum atomic E-state index is -0.186. The van der Waals surface area contributed by atoms with Gasteiger partial charge in [0.2, 0.25) is 5.91 Å². The zero-order chi connectivity index (χ0) is 22.5. The predicted octanol–water partition coefficient (Wildman–Crippen LogP) is 5.14. The van der Waals surface area contributed by atoms with Gasteiger partial charge >= 0.3 is 0 Å². The van der Waals surface area contributed by atoms with Crippen LogP contribution in [0.3, 0.4) is 0 Å². The lowest BCUT2D eigenvalue weighted by Crippen LogP contribution is -2.14. The van der Waals surface area contributed by atoms with E-state index < -0.39 is 0 Å². The number of carbonyl (C=O) groups is 1. The van der Waals surface area contributed by atoms with Crippen molar-refractivity contribution in [3.63, 3.8) is 0 Å². The molecule has 0 aliphatic rings. The highest BCUT2D eigenvalue weighted by Gasteiger charge is 2.18. The van der Waals surface area contributed by atoms with Crippen LogP contribution in [0.1, 0.15) is 28.1 Å². The normalized spacial score (nSPS) is 10.7. The van der Waals surface area contributed by atoms with Gasteiger partial charge in [-0.3, -0.25) is 9.36 Å². The zero-order valence-corrected chi connectivity index (χ0v) is 19.3. The summed E-state index contributed by atoms with van der Waals surface area (Å²) in [4.78, 5) is 12.5. The second-order valence-corrected chi connectivity index (χ2v) is 9.16. The van der Waals surface area contributed by atoms with E-state index in [9.17, 15) is 4.79 Å². The number of anilines is 1. The van der Waals surface area contributed by atoms with E-state index in [0.29, 0.717) is 22.1 Å². The summed E-state index contributed by atoms with van der Waals surface area (Å²) in [5, 5.41) is 23.8. The number of aromatic nitrogens is 3. The smallest absolute Gasteiger partial charge is 0.235 e. The molecule has 160 valence electrons. The molecule has 0 fully saturated rings. The lowest BCUT2D eigenvalue weighted by molar-refractivity contribution is -0.113. The average Bonchev–Trinajstić information content (AvgIpc) is 3.39. The molecule has 32 heavy (non-hydrogen) atoms. The molecule has 2 aromatic carbocycles. The molecule has 0 spiro atoms. The molecule has 8 heteroatoms. The van der Waals surface area contributed by atoms with Crippen LogP contribution in [0.4, 0.5) is 5.00 Å². The van der Waals surface area contributed by atoms with Gasteiger partial charge in [-0.2, -0.15) is 5.26 Å². The van der Waals surface area contributed by atoms with E-state index in [4.69, 9.17) is 5.26 Å². The maximum atomic E-state index is 12.5. The molecule has 0 atom stereocenters. The first-order chi connectivity index (χ1) is 15.5. The fourth-order valence-corrected chi connectivity index (χ4v) is 4.89. The molecule has 0 radical (unpaired) electrons. The Morgan fingerprint density at radius 1 is 1.16 bits per heavy atom. The first-order valence-corrected chi connectivity index (χ1v) is 11.9. The minimum Gasteiger partial charge on any atom is -0.316 e. The van der Waals surface area contributed by atoms with Crippen molar-refractivity contribution in [3.05, 3.63) is 88.1 Å². The number of thiophene rings is 1. The monoisotopic (exact) mass is 459 g/mol. The molecule has 6 nitrogen and oxygen atoms in total. The maximum Gasteiger partial charge on any atom is 0.235 e. The SMILES string of the molecule is Cc1ccc(-n2c(Cc3ccccc3)nnc2SCC(=O)Nc2sccc2C#N)c(C)c1. The summed E-state index contributed by atoms with van der Waals surface area (Å²) in [5.41, 5.74) is 4.91. The van der Waals surface area contributed by atoms with Crippen molar-refractivity contribution in [2.75, 3.05) is 11.1 Å². The third-order valence-corrected chi connectivity index (χ3v) is 6.63. The van der Waals surface area contributed by atoms with Gasteiger partial charge in [0.1, 0.15) is 16.9 Å². The summed E-state index contributed by atoms with van der Waals surface area (Å²) in [6.45, 7) is 4.13. The Labute approximate surface area is 194 Å². The maximum absolute atomic E-state index is 12.5. The molecular weight excluding hydrogens is 438 g/mol. The quantitative estimate of drug-likeness (QED) is 0.387. The van der Waals surface area contributed by atoms with Gasteiger partial charge < -0.3 is 5.32 Å². The Morgan fingerprint density at radius 3 is 2.72 bits per heavy atom. The highest BCUT2D eigenvalue weighted by molar-refractivity contribution is 7.99. The van der Waals surface area contributed by atoms with Gasteiger partial charge in [-0.15, -0.1) is 21.5 Å². The Balaban J connectivity index is 1.60. The number of carbonyl (C=O) groups excluding carboxylic acids is 1. The van der Waals surface area contributed by atoms with Gasteiger partial charge in [0.25, 0.3) is 0 Å². The minimum absolute atomic E-state index is 0.164. The van der Waals surface area contributed by atoms with Crippen LogP contribution < -0.4 is 5.32 Å². The van der Waals surface area contributed by atoms with Crippen LogP contribution in [0.15, 0.2) is 65.1 Å². The van der Waals surface area contributed by atoms with Crippen molar-refractivity contribution >= 4 is 34.0 Å². The molecule has 0 aliphatic carbocycles. The second kappa shape index (κ2) is 9.81. The third-order valence-electron chi connectivity index (χ3n) is 4.87. The molecular formula is C24H21N5OS2. The molecule has 4 rings (SSSR count). The first-order valence-electron chi connectivity index (χ1n) is 10.0. The Hall–Kier alpha value is -3.41. The summed E-state index contributed by atoms with van der Waals surface area (Å²) in [5.74, 6) is 0.793. The van der Waals surface area contributed by atoms with Gasteiger partial charge in [-0.25, -0.2) is 0 Å². The number of thioether (sulfide) groups is 1. The number of hydrogen-bond acceptors (Lipinski definition) is 6. The standard InChI is InChI=1S/C24H21N5OS2/c1-16-8-9-20(17(2)12-16)29-21(13-18-6-4-3-5-7-18)27-28-24(29)32-15-22(30)26-23-19(14-25)10-11-31-23/h3-12H,13,15H2,1-2H3,(H,26,30). The van der Waals surface area contributed by atoms with E-state index in [-0.39, 0.29) is 11.7 Å². The van der Waals surface area contributed by atoms with E-state index in [1.165, 1.54) is 28.7 Å². The second-order valence-electron chi connectivity index (χ2n) is 7.30. The molecule has 0 bridgehead atoms. The topological polar surface area (TPSA) is 83.6 Å². The molecule has 0 aliphatic heterocycles. The first kappa shape index (κ1) is 21.8. The number of nitrogens with zero attached hydrogens (tertiary/aromatic N) is 4. The number of benzene rings is 2. The molecule has 0 saturated carbocycles. The van der Waals surface area contributed by atoms with Crippen molar-refractivity contribution in [2.45, 2.75) is 25.4 Å². The zero-order valence-electron chi connectivity index (χ0n) is 17.7. The molecule has 1 amide bonds. The average molecular weight is 460 g/mol. The van der Waals surface area contributed by atoms with E-state index in [2.05, 4.69) is 65.8 Å². The highest BCUT2D eigenvalue weighted by Crippen LogP contribution is 2.27. The van der Waals surface area contributed by atoms with Crippen LogP contribution >= 0.6 is 23.1 Å². The van der Waals surface area contributed by atoms with Crippen molar-refractivity contribution in [3.8, 4) is 11.8 Å². The molecule has 0 unspecified atom stereocenters. The molecule has 0 saturated heterocycles. The van der Waals surface area contributed by atoms with E-state index in [0.717, 1.165) is 22.6 Å². The van der Waals surface area contributed by atoms with Crippen molar-refractivity contribution in [2.24, 2.45) is 0 Å².